The van der Waals surface area contributed by atoms with Gasteiger partial charge in [-0.1, -0.05) is 0 Å². The smallest absolute Gasteiger partial charge is 0.340 e. The average Bonchev–Trinajstić information content (AvgIpc) is 3.00. The van der Waals surface area contributed by atoms with Crippen LogP contribution in [0.1, 0.15) is 31.1 Å². The molecule has 2 aromatic heterocycles. The normalized spacial score (nSPS) is 12.0. The lowest BCUT2D eigenvalue weighted by atomic mass is 10.2. The summed E-state index contributed by atoms with van der Waals surface area (Å²) in [4.78, 5) is 27.8. The SMILES string of the molecule is CC(C)NC(=O)[C@H](C)OC(=O)c1ccc(-n2cccn2)nc1. The van der Waals surface area contributed by atoms with Gasteiger partial charge in [-0.3, -0.25) is 4.79 Å². The van der Waals surface area contributed by atoms with E-state index in [1.54, 1.807) is 35.3 Å². The van der Waals surface area contributed by atoms with Gasteiger partial charge in [0.05, 0.1) is 5.56 Å². The standard InChI is InChI=1S/C15H18N4O3/c1-10(2)18-14(20)11(3)22-15(21)12-5-6-13(16-9-12)19-8-4-7-17-19/h4-11H,1-3H3,(H,18,20)/t11-/m0/s1. The highest BCUT2D eigenvalue weighted by Crippen LogP contribution is 2.07. The molecule has 1 N–H and O–H groups in total. The van der Waals surface area contributed by atoms with Crippen molar-refractivity contribution in [2.75, 3.05) is 0 Å². The van der Waals surface area contributed by atoms with E-state index >= 15 is 0 Å². The van der Waals surface area contributed by atoms with E-state index in [4.69, 9.17) is 4.74 Å². The van der Waals surface area contributed by atoms with Crippen LogP contribution >= 0.6 is 0 Å². The van der Waals surface area contributed by atoms with Gasteiger partial charge in [-0.15, -0.1) is 0 Å². The number of pyridine rings is 1. The lowest BCUT2D eigenvalue weighted by molar-refractivity contribution is -0.129. The molecule has 1 amide bonds. The van der Waals surface area contributed by atoms with Crippen molar-refractivity contribution in [1.82, 2.24) is 20.1 Å². The Labute approximate surface area is 128 Å². The molecule has 2 rings (SSSR count). The molecule has 7 heteroatoms. The van der Waals surface area contributed by atoms with Crippen LogP contribution in [0.2, 0.25) is 0 Å². The molecule has 7 nitrogen and oxygen atoms in total. The van der Waals surface area contributed by atoms with E-state index in [1.165, 1.54) is 13.1 Å². The first-order chi connectivity index (χ1) is 10.5. The predicted octanol–water partition coefficient (Wildman–Crippen LogP) is 1.34. The number of esters is 1. The van der Waals surface area contributed by atoms with E-state index in [0.717, 1.165) is 0 Å². The van der Waals surface area contributed by atoms with E-state index in [1.807, 2.05) is 13.8 Å². The first-order valence-corrected chi connectivity index (χ1v) is 6.95. The zero-order chi connectivity index (χ0) is 16.1. The molecule has 2 heterocycles. The van der Waals surface area contributed by atoms with Crippen LogP contribution in [0.3, 0.4) is 0 Å². The van der Waals surface area contributed by atoms with E-state index < -0.39 is 12.1 Å². The highest BCUT2D eigenvalue weighted by Gasteiger charge is 2.19. The second kappa shape index (κ2) is 6.84. The second-order valence-electron chi connectivity index (χ2n) is 5.07. The molecule has 0 spiro atoms. The van der Waals surface area contributed by atoms with E-state index in [2.05, 4.69) is 15.4 Å². The molecule has 116 valence electrons. The van der Waals surface area contributed by atoms with Crippen LogP contribution in [0.25, 0.3) is 5.82 Å². The summed E-state index contributed by atoms with van der Waals surface area (Å²) >= 11 is 0. The minimum Gasteiger partial charge on any atom is -0.449 e. The summed E-state index contributed by atoms with van der Waals surface area (Å²) in [6.07, 6.45) is 3.92. The van der Waals surface area contributed by atoms with E-state index in [-0.39, 0.29) is 17.5 Å². The molecular formula is C15H18N4O3. The zero-order valence-corrected chi connectivity index (χ0v) is 12.7. The summed E-state index contributed by atoms with van der Waals surface area (Å²) in [5.74, 6) is -0.331. The molecule has 22 heavy (non-hydrogen) atoms. The van der Waals surface area contributed by atoms with Crippen molar-refractivity contribution >= 4 is 11.9 Å². The van der Waals surface area contributed by atoms with Gasteiger partial charge >= 0.3 is 5.97 Å². The van der Waals surface area contributed by atoms with Crippen LogP contribution in [-0.2, 0) is 9.53 Å². The first kappa shape index (κ1) is 15.7. The largest absolute Gasteiger partial charge is 0.449 e. The Morgan fingerprint density at radius 1 is 1.27 bits per heavy atom. The van der Waals surface area contributed by atoms with Gasteiger partial charge in [0.1, 0.15) is 0 Å². The molecule has 0 fully saturated rings. The molecule has 0 aliphatic heterocycles. The Morgan fingerprint density at radius 2 is 2.05 bits per heavy atom. The van der Waals surface area contributed by atoms with Gasteiger partial charge < -0.3 is 10.1 Å². The number of hydrogen-bond acceptors (Lipinski definition) is 5. The van der Waals surface area contributed by atoms with Crippen molar-refractivity contribution in [3.05, 3.63) is 42.4 Å². The van der Waals surface area contributed by atoms with Crippen molar-refractivity contribution in [2.45, 2.75) is 32.9 Å². The fourth-order valence-electron chi connectivity index (χ4n) is 1.73. The van der Waals surface area contributed by atoms with E-state index in [9.17, 15) is 9.59 Å². The Bertz CT molecular complexity index is 635. The zero-order valence-electron chi connectivity index (χ0n) is 12.7. The molecule has 0 bridgehead atoms. The van der Waals surface area contributed by atoms with Gasteiger partial charge in [-0.2, -0.15) is 5.10 Å². The number of carbonyl (C=O) groups excluding carboxylic acids is 2. The molecular weight excluding hydrogens is 284 g/mol. The summed E-state index contributed by atoms with van der Waals surface area (Å²) in [6.45, 7) is 5.20. The quantitative estimate of drug-likeness (QED) is 0.842. The first-order valence-electron chi connectivity index (χ1n) is 6.95. The minimum absolute atomic E-state index is 0.0105. The maximum Gasteiger partial charge on any atom is 0.340 e. The number of carbonyl (C=O) groups is 2. The second-order valence-corrected chi connectivity index (χ2v) is 5.07. The lowest BCUT2D eigenvalue weighted by Crippen LogP contribution is -2.39. The van der Waals surface area contributed by atoms with Gasteiger partial charge in [0.25, 0.3) is 5.91 Å². The highest BCUT2D eigenvalue weighted by molar-refractivity contribution is 5.92. The monoisotopic (exact) mass is 302 g/mol. The van der Waals surface area contributed by atoms with Crippen LogP contribution in [0.4, 0.5) is 0 Å². The lowest BCUT2D eigenvalue weighted by Gasteiger charge is -2.15. The maximum absolute atomic E-state index is 12.0. The van der Waals surface area contributed by atoms with Crippen molar-refractivity contribution in [2.24, 2.45) is 0 Å². The van der Waals surface area contributed by atoms with Crippen LogP contribution in [-0.4, -0.2) is 38.8 Å². The third-order valence-electron chi connectivity index (χ3n) is 2.81. The summed E-state index contributed by atoms with van der Waals surface area (Å²) in [6, 6.07) is 5.00. The molecule has 0 saturated heterocycles. The summed E-state index contributed by atoms with van der Waals surface area (Å²) in [5.41, 5.74) is 0.278. The molecule has 0 radical (unpaired) electrons. The minimum atomic E-state index is -0.860. The summed E-state index contributed by atoms with van der Waals surface area (Å²) < 4.78 is 6.69. The molecule has 0 aromatic carbocycles. The van der Waals surface area contributed by atoms with Crippen molar-refractivity contribution in [3.8, 4) is 5.82 Å². The van der Waals surface area contributed by atoms with Crippen LogP contribution in [0.5, 0.6) is 0 Å². The Kier molecular flexibility index (Phi) is 4.88. The van der Waals surface area contributed by atoms with Gasteiger partial charge in [-0.05, 0) is 39.0 Å². The van der Waals surface area contributed by atoms with Crippen molar-refractivity contribution in [3.63, 3.8) is 0 Å². The van der Waals surface area contributed by atoms with Gasteiger partial charge in [-0.25, -0.2) is 14.5 Å². The molecule has 0 saturated carbocycles. The van der Waals surface area contributed by atoms with Crippen LogP contribution in [0, 0.1) is 0 Å². The Morgan fingerprint density at radius 3 is 2.59 bits per heavy atom. The average molecular weight is 302 g/mol. The maximum atomic E-state index is 12.0. The summed E-state index contributed by atoms with van der Waals surface area (Å²) in [5, 5.41) is 6.73. The fraction of sp³-hybridized carbons (Fsp3) is 0.333. The molecule has 0 aliphatic carbocycles. The van der Waals surface area contributed by atoms with Crippen LogP contribution in [0.15, 0.2) is 36.8 Å². The number of hydrogen-bond donors (Lipinski definition) is 1. The third-order valence-corrected chi connectivity index (χ3v) is 2.81. The van der Waals surface area contributed by atoms with Crippen LogP contribution < -0.4 is 5.32 Å². The van der Waals surface area contributed by atoms with Gasteiger partial charge in [0, 0.05) is 24.6 Å². The molecule has 0 aliphatic rings. The Balaban J connectivity index is 1.99. The predicted molar refractivity (Wildman–Crippen MR) is 79.5 cm³/mol. The van der Waals surface area contributed by atoms with Crippen molar-refractivity contribution in [1.29, 1.82) is 0 Å². The number of nitrogens with one attached hydrogen (secondary N) is 1. The number of aromatic nitrogens is 3. The topological polar surface area (TPSA) is 86.1 Å². The number of ether oxygens (including phenoxy) is 1. The number of rotatable bonds is 5. The summed E-state index contributed by atoms with van der Waals surface area (Å²) in [7, 11) is 0. The highest BCUT2D eigenvalue weighted by atomic mass is 16.5. The molecule has 2 aromatic rings. The number of nitrogens with zero attached hydrogens (tertiary/aromatic N) is 3. The molecule has 0 unspecified atom stereocenters. The van der Waals surface area contributed by atoms with Gasteiger partial charge in [0.2, 0.25) is 0 Å². The van der Waals surface area contributed by atoms with Gasteiger partial charge in [0.15, 0.2) is 11.9 Å². The number of amides is 1. The van der Waals surface area contributed by atoms with Crippen molar-refractivity contribution < 1.29 is 14.3 Å². The third kappa shape index (κ3) is 3.91. The Hall–Kier alpha value is -2.70. The molecule has 1 atom stereocenters. The van der Waals surface area contributed by atoms with E-state index in [0.29, 0.717) is 5.82 Å². The fourth-order valence-corrected chi connectivity index (χ4v) is 1.73.